The third kappa shape index (κ3) is 2.08. The average molecular weight is 291 g/mol. The molecule has 2 aliphatic carbocycles. The van der Waals surface area contributed by atoms with E-state index in [-0.39, 0.29) is 16.9 Å². The van der Waals surface area contributed by atoms with E-state index in [2.05, 4.69) is 26.1 Å². The zero-order valence-electron chi connectivity index (χ0n) is 13.0. The minimum atomic E-state index is -0.437. The van der Waals surface area contributed by atoms with Crippen molar-refractivity contribution in [3.05, 3.63) is 17.7 Å². The number of hydrogen-bond acceptors (Lipinski definition) is 4. The van der Waals surface area contributed by atoms with Crippen molar-refractivity contribution in [2.75, 3.05) is 0 Å². The van der Waals surface area contributed by atoms with Crippen LogP contribution in [-0.2, 0) is 6.54 Å². The normalized spacial score (nSPS) is 33.5. The monoisotopic (exact) mass is 291 g/mol. The molecule has 0 amide bonds. The van der Waals surface area contributed by atoms with Crippen LogP contribution in [0.4, 0.5) is 0 Å². The molecule has 4 N–H and O–H groups in total. The van der Waals surface area contributed by atoms with Crippen molar-refractivity contribution in [2.45, 2.75) is 52.6 Å². The molecule has 1 aromatic carbocycles. The standard InChI is InChI=1S/C17H25NO3/c1-16(2)11-6-7-17(3,8-11)15(16)18-9-10-4-5-12(19)14(21)13(10)20/h4-5,11,15,18-21H,6-9H2,1-3H3. The number of phenols is 3. The van der Waals surface area contributed by atoms with Crippen LogP contribution in [0.25, 0.3) is 0 Å². The van der Waals surface area contributed by atoms with Gasteiger partial charge in [-0.3, -0.25) is 0 Å². The maximum absolute atomic E-state index is 9.93. The van der Waals surface area contributed by atoms with Gasteiger partial charge in [0.1, 0.15) is 0 Å². The van der Waals surface area contributed by atoms with Crippen molar-refractivity contribution in [1.29, 1.82) is 0 Å². The molecule has 0 aromatic heterocycles. The van der Waals surface area contributed by atoms with E-state index in [1.54, 1.807) is 6.07 Å². The van der Waals surface area contributed by atoms with E-state index < -0.39 is 5.75 Å². The van der Waals surface area contributed by atoms with E-state index >= 15 is 0 Å². The Bertz CT molecular complexity index is 565. The van der Waals surface area contributed by atoms with Crippen LogP contribution in [-0.4, -0.2) is 21.4 Å². The predicted molar refractivity (Wildman–Crippen MR) is 81.3 cm³/mol. The minimum absolute atomic E-state index is 0.228. The first-order chi connectivity index (χ1) is 9.75. The molecule has 21 heavy (non-hydrogen) atoms. The largest absolute Gasteiger partial charge is 0.504 e. The topological polar surface area (TPSA) is 72.7 Å². The van der Waals surface area contributed by atoms with Crippen LogP contribution < -0.4 is 5.32 Å². The Kier molecular flexibility index (Phi) is 3.14. The third-order valence-electron chi connectivity index (χ3n) is 5.98. The van der Waals surface area contributed by atoms with Gasteiger partial charge in [0.15, 0.2) is 11.5 Å². The van der Waals surface area contributed by atoms with Gasteiger partial charge in [0.2, 0.25) is 5.75 Å². The second-order valence-electron chi connectivity index (χ2n) is 7.67. The highest BCUT2D eigenvalue weighted by Crippen LogP contribution is 2.62. The van der Waals surface area contributed by atoms with Gasteiger partial charge < -0.3 is 20.6 Å². The Hall–Kier alpha value is -1.42. The summed E-state index contributed by atoms with van der Waals surface area (Å²) in [5.41, 5.74) is 1.19. The van der Waals surface area contributed by atoms with E-state index in [0.29, 0.717) is 23.6 Å². The Labute approximate surface area is 125 Å². The quantitative estimate of drug-likeness (QED) is 0.646. The van der Waals surface area contributed by atoms with Gasteiger partial charge in [-0.25, -0.2) is 0 Å². The smallest absolute Gasteiger partial charge is 0.200 e. The molecule has 0 radical (unpaired) electrons. The van der Waals surface area contributed by atoms with E-state index in [9.17, 15) is 15.3 Å². The number of benzene rings is 1. The van der Waals surface area contributed by atoms with Gasteiger partial charge in [0.25, 0.3) is 0 Å². The van der Waals surface area contributed by atoms with Gasteiger partial charge in [0, 0.05) is 18.2 Å². The molecule has 0 heterocycles. The molecule has 1 aromatic rings. The molecule has 4 nitrogen and oxygen atoms in total. The van der Waals surface area contributed by atoms with E-state index in [1.165, 1.54) is 25.3 Å². The lowest BCUT2D eigenvalue weighted by Gasteiger charge is -2.43. The summed E-state index contributed by atoms with van der Waals surface area (Å²) in [5, 5.41) is 32.5. The molecule has 3 rings (SSSR count). The number of phenolic OH excluding ortho intramolecular Hbond substituents is 3. The summed E-state index contributed by atoms with van der Waals surface area (Å²) in [6.07, 6.45) is 3.84. The van der Waals surface area contributed by atoms with Crippen molar-refractivity contribution in [1.82, 2.24) is 5.32 Å². The fraction of sp³-hybridized carbons (Fsp3) is 0.647. The first-order valence-electron chi connectivity index (χ1n) is 7.72. The minimum Gasteiger partial charge on any atom is -0.504 e. The summed E-state index contributed by atoms with van der Waals surface area (Å²) in [5.74, 6) is -0.188. The highest BCUT2D eigenvalue weighted by Gasteiger charge is 2.58. The molecule has 116 valence electrons. The number of nitrogens with one attached hydrogen (secondary N) is 1. The SMILES string of the molecule is CC12CCC(C1)C(C)(C)C2NCc1ccc(O)c(O)c1O. The lowest BCUT2D eigenvalue weighted by Crippen LogP contribution is -2.49. The first-order valence-corrected chi connectivity index (χ1v) is 7.72. The molecule has 0 saturated heterocycles. The molecule has 0 spiro atoms. The molecule has 3 unspecified atom stereocenters. The highest BCUT2D eigenvalue weighted by molar-refractivity contribution is 5.53. The van der Waals surface area contributed by atoms with Gasteiger partial charge in [0.05, 0.1) is 0 Å². The number of fused-ring (bicyclic) bond motifs is 2. The number of rotatable bonds is 3. The van der Waals surface area contributed by atoms with Crippen LogP contribution in [0.2, 0.25) is 0 Å². The Morgan fingerprint density at radius 3 is 2.48 bits per heavy atom. The molecule has 3 atom stereocenters. The molecule has 2 fully saturated rings. The summed E-state index contributed by atoms with van der Waals surface area (Å²) in [7, 11) is 0. The zero-order chi connectivity index (χ0) is 15.4. The van der Waals surface area contributed by atoms with Crippen molar-refractivity contribution in [3.8, 4) is 17.2 Å². The molecule has 2 bridgehead atoms. The fourth-order valence-electron chi connectivity index (χ4n) is 4.78. The van der Waals surface area contributed by atoms with Gasteiger partial charge in [-0.2, -0.15) is 0 Å². The van der Waals surface area contributed by atoms with Crippen molar-refractivity contribution >= 4 is 0 Å². The molecule has 2 saturated carbocycles. The Morgan fingerprint density at radius 1 is 1.14 bits per heavy atom. The van der Waals surface area contributed by atoms with Crippen LogP contribution in [0.15, 0.2) is 12.1 Å². The van der Waals surface area contributed by atoms with Gasteiger partial charge in [-0.1, -0.05) is 26.8 Å². The first kappa shape index (κ1) is 14.5. The van der Waals surface area contributed by atoms with E-state index in [1.807, 2.05) is 0 Å². The lowest BCUT2D eigenvalue weighted by atomic mass is 9.68. The fourth-order valence-corrected chi connectivity index (χ4v) is 4.78. The summed E-state index contributed by atoms with van der Waals surface area (Å²) in [4.78, 5) is 0. The third-order valence-corrected chi connectivity index (χ3v) is 5.98. The van der Waals surface area contributed by atoms with Crippen molar-refractivity contribution in [3.63, 3.8) is 0 Å². The molecule has 4 heteroatoms. The van der Waals surface area contributed by atoms with Crippen molar-refractivity contribution < 1.29 is 15.3 Å². The second kappa shape index (κ2) is 4.54. The molecular formula is C17H25NO3. The zero-order valence-corrected chi connectivity index (χ0v) is 13.0. The molecular weight excluding hydrogens is 266 g/mol. The van der Waals surface area contributed by atoms with Crippen LogP contribution >= 0.6 is 0 Å². The highest BCUT2D eigenvalue weighted by atomic mass is 16.3. The molecule has 2 aliphatic rings. The predicted octanol–water partition coefficient (Wildman–Crippen LogP) is 3.11. The van der Waals surface area contributed by atoms with E-state index in [4.69, 9.17) is 0 Å². The molecule has 0 aliphatic heterocycles. The van der Waals surface area contributed by atoms with Crippen LogP contribution in [0.5, 0.6) is 17.2 Å². The Balaban J connectivity index is 1.78. The van der Waals surface area contributed by atoms with Crippen LogP contribution in [0.1, 0.15) is 45.6 Å². The summed E-state index contributed by atoms with van der Waals surface area (Å²) in [6, 6.07) is 3.47. The van der Waals surface area contributed by atoms with Crippen LogP contribution in [0, 0.1) is 16.7 Å². The van der Waals surface area contributed by atoms with E-state index in [0.717, 1.165) is 5.92 Å². The Morgan fingerprint density at radius 2 is 1.86 bits per heavy atom. The van der Waals surface area contributed by atoms with Gasteiger partial charge in [-0.15, -0.1) is 0 Å². The maximum atomic E-state index is 9.93. The summed E-state index contributed by atoms with van der Waals surface area (Å²) in [6.45, 7) is 7.51. The summed E-state index contributed by atoms with van der Waals surface area (Å²) < 4.78 is 0. The second-order valence-corrected chi connectivity index (χ2v) is 7.67. The van der Waals surface area contributed by atoms with Gasteiger partial charge in [-0.05, 0) is 42.1 Å². The maximum Gasteiger partial charge on any atom is 0.200 e. The number of hydrogen-bond donors (Lipinski definition) is 4. The number of aromatic hydroxyl groups is 3. The van der Waals surface area contributed by atoms with Gasteiger partial charge >= 0.3 is 0 Å². The van der Waals surface area contributed by atoms with Crippen LogP contribution in [0.3, 0.4) is 0 Å². The average Bonchev–Trinajstić information content (AvgIpc) is 2.89. The van der Waals surface area contributed by atoms with Crippen molar-refractivity contribution in [2.24, 2.45) is 16.7 Å². The lowest BCUT2D eigenvalue weighted by molar-refractivity contribution is 0.108. The summed E-state index contributed by atoms with van der Waals surface area (Å²) >= 11 is 0.